The molecule has 174 valence electrons. The molecule has 8 heteroatoms. The third-order valence-corrected chi connectivity index (χ3v) is 6.20. The summed E-state index contributed by atoms with van der Waals surface area (Å²) in [5, 5.41) is 6.58. The summed E-state index contributed by atoms with van der Waals surface area (Å²) in [5.74, 6) is 1.17. The zero-order valence-electron chi connectivity index (χ0n) is 18.7. The lowest BCUT2D eigenvalue weighted by atomic mass is 9.98. The molecule has 30 heavy (non-hydrogen) atoms. The van der Waals surface area contributed by atoms with E-state index >= 15 is 0 Å². The lowest BCUT2D eigenvalue weighted by Crippen LogP contribution is -2.54. The smallest absolute Gasteiger partial charge is 0.234 e. The first-order chi connectivity index (χ1) is 14.2. The number of unbranched alkanes of at least 4 members (excludes halogenated alkanes) is 2. The summed E-state index contributed by atoms with van der Waals surface area (Å²) in [6, 6.07) is 0.450. The lowest BCUT2D eigenvalue weighted by molar-refractivity contribution is -0.122. The molecule has 1 aliphatic heterocycles. The van der Waals surface area contributed by atoms with Gasteiger partial charge in [-0.25, -0.2) is 0 Å². The first-order valence-electron chi connectivity index (χ1n) is 11.8. The van der Waals surface area contributed by atoms with Gasteiger partial charge >= 0.3 is 0 Å². The number of rotatable bonds is 10. The van der Waals surface area contributed by atoms with Crippen molar-refractivity contribution < 1.29 is 9.53 Å². The van der Waals surface area contributed by atoms with Crippen LogP contribution >= 0.6 is 24.0 Å². The summed E-state index contributed by atoms with van der Waals surface area (Å²) in [6.07, 6.45) is 12.9. The molecule has 1 amide bonds. The molecule has 0 unspecified atom stereocenters. The molecule has 2 N–H and O–H groups in total. The highest BCUT2D eigenvalue weighted by Gasteiger charge is 2.25. The molecule has 0 bridgehead atoms. The predicted molar refractivity (Wildman–Crippen MR) is 133 cm³/mol. The largest absolute Gasteiger partial charge is 0.378 e. The zero-order chi connectivity index (χ0) is 20.3. The summed E-state index contributed by atoms with van der Waals surface area (Å²) >= 11 is 0. The molecule has 0 atom stereocenters. The van der Waals surface area contributed by atoms with Gasteiger partial charge in [0.1, 0.15) is 0 Å². The molecule has 0 spiro atoms. The van der Waals surface area contributed by atoms with Crippen LogP contribution in [0.4, 0.5) is 0 Å². The predicted octanol–water partition coefficient (Wildman–Crippen LogP) is 2.60. The Balaban J connectivity index is 0.00000320. The van der Waals surface area contributed by atoms with Crippen LogP contribution in [0.2, 0.25) is 0 Å². The fraction of sp³-hybridized carbons (Fsp3) is 0.909. The van der Waals surface area contributed by atoms with Crippen LogP contribution in [0.25, 0.3) is 0 Å². The first-order valence-corrected chi connectivity index (χ1v) is 11.8. The number of nitrogens with one attached hydrogen (secondary N) is 2. The van der Waals surface area contributed by atoms with Crippen LogP contribution in [0.3, 0.4) is 0 Å². The fourth-order valence-corrected chi connectivity index (χ4v) is 4.24. The van der Waals surface area contributed by atoms with Crippen molar-refractivity contribution in [3.8, 4) is 0 Å². The fourth-order valence-electron chi connectivity index (χ4n) is 4.24. The van der Waals surface area contributed by atoms with E-state index in [2.05, 4.69) is 25.4 Å². The second-order valence-corrected chi connectivity index (χ2v) is 8.77. The van der Waals surface area contributed by atoms with Gasteiger partial charge in [-0.15, -0.1) is 24.0 Å². The molecule has 2 aliphatic carbocycles. The normalized spacial score (nSPS) is 21.2. The van der Waals surface area contributed by atoms with Gasteiger partial charge in [0.15, 0.2) is 5.96 Å². The second kappa shape index (κ2) is 14.5. The molecule has 1 saturated heterocycles. The molecule has 3 rings (SSSR count). The summed E-state index contributed by atoms with van der Waals surface area (Å²) in [4.78, 5) is 21.0. The number of amides is 1. The highest BCUT2D eigenvalue weighted by molar-refractivity contribution is 14.0. The van der Waals surface area contributed by atoms with Crippen molar-refractivity contribution in [3.63, 3.8) is 0 Å². The average Bonchev–Trinajstić information content (AvgIpc) is 3.55. The molecule has 0 aromatic rings. The Labute approximate surface area is 199 Å². The molecule has 3 fully saturated rings. The number of nitrogens with zero attached hydrogens (tertiary/aromatic N) is 3. The van der Waals surface area contributed by atoms with E-state index in [4.69, 9.17) is 4.74 Å². The van der Waals surface area contributed by atoms with E-state index in [1.165, 1.54) is 38.5 Å². The van der Waals surface area contributed by atoms with Gasteiger partial charge in [-0.1, -0.05) is 19.3 Å². The van der Waals surface area contributed by atoms with E-state index in [1.54, 1.807) is 0 Å². The maximum atomic E-state index is 12.0. The Morgan fingerprint density at radius 1 is 1.00 bits per heavy atom. The SMILES string of the molecule is CN=C(NCCCCCOC1CCCCC1)N1CCN(CC(=O)NC2CC2)CC1.I. The second-order valence-electron chi connectivity index (χ2n) is 8.77. The summed E-state index contributed by atoms with van der Waals surface area (Å²) in [5.41, 5.74) is 0. The van der Waals surface area contributed by atoms with Gasteiger partial charge in [-0.3, -0.25) is 14.7 Å². The number of aliphatic imine (C=N–C) groups is 1. The molecule has 7 nitrogen and oxygen atoms in total. The maximum Gasteiger partial charge on any atom is 0.234 e. The Bertz CT molecular complexity index is 516. The van der Waals surface area contributed by atoms with Gasteiger partial charge < -0.3 is 20.3 Å². The van der Waals surface area contributed by atoms with Crippen LogP contribution < -0.4 is 10.6 Å². The maximum absolute atomic E-state index is 12.0. The molecule has 0 aromatic carbocycles. The van der Waals surface area contributed by atoms with Crippen molar-refractivity contribution >= 4 is 35.8 Å². The van der Waals surface area contributed by atoms with Gasteiger partial charge in [-0.05, 0) is 44.9 Å². The zero-order valence-corrected chi connectivity index (χ0v) is 21.1. The summed E-state index contributed by atoms with van der Waals surface area (Å²) in [6.45, 7) is 6.07. The molecule has 2 saturated carbocycles. The minimum Gasteiger partial charge on any atom is -0.378 e. The Kier molecular flexibility index (Phi) is 12.4. The number of carbonyl (C=O) groups excluding carboxylic acids is 1. The van der Waals surface area contributed by atoms with E-state index in [-0.39, 0.29) is 29.9 Å². The topological polar surface area (TPSA) is 69.2 Å². The molecule has 1 heterocycles. The van der Waals surface area contributed by atoms with Gasteiger partial charge in [-0.2, -0.15) is 0 Å². The minimum atomic E-state index is 0. The monoisotopic (exact) mass is 535 g/mol. The molecule has 0 radical (unpaired) electrons. The Morgan fingerprint density at radius 2 is 1.73 bits per heavy atom. The number of hydrogen-bond acceptors (Lipinski definition) is 4. The van der Waals surface area contributed by atoms with Gasteiger partial charge in [0.25, 0.3) is 0 Å². The van der Waals surface area contributed by atoms with Crippen molar-refractivity contribution in [2.75, 3.05) is 52.9 Å². The molecule has 0 aromatic heterocycles. The highest BCUT2D eigenvalue weighted by Crippen LogP contribution is 2.20. The molecular formula is C22H42IN5O2. The summed E-state index contributed by atoms with van der Waals surface area (Å²) < 4.78 is 6.00. The number of halogens is 1. The Hall–Kier alpha value is -0.610. The van der Waals surface area contributed by atoms with Crippen molar-refractivity contribution in [3.05, 3.63) is 0 Å². The number of guanidine groups is 1. The van der Waals surface area contributed by atoms with Crippen molar-refractivity contribution in [1.29, 1.82) is 0 Å². The third-order valence-electron chi connectivity index (χ3n) is 6.20. The van der Waals surface area contributed by atoms with Crippen LogP contribution in [0.5, 0.6) is 0 Å². The van der Waals surface area contributed by atoms with E-state index in [0.29, 0.717) is 18.7 Å². The number of carbonyl (C=O) groups is 1. The Morgan fingerprint density at radius 3 is 2.40 bits per heavy atom. The van der Waals surface area contributed by atoms with Gasteiger partial charge in [0.2, 0.25) is 5.91 Å². The lowest BCUT2D eigenvalue weighted by Gasteiger charge is -2.36. The van der Waals surface area contributed by atoms with Crippen LogP contribution in [0, 0.1) is 0 Å². The quantitative estimate of drug-likeness (QED) is 0.195. The van der Waals surface area contributed by atoms with Crippen molar-refractivity contribution in [2.45, 2.75) is 76.4 Å². The van der Waals surface area contributed by atoms with E-state index in [0.717, 1.165) is 71.0 Å². The van der Waals surface area contributed by atoms with Crippen LogP contribution in [-0.4, -0.2) is 86.7 Å². The van der Waals surface area contributed by atoms with E-state index in [1.807, 2.05) is 7.05 Å². The molecular weight excluding hydrogens is 493 g/mol. The van der Waals surface area contributed by atoms with E-state index < -0.39 is 0 Å². The number of piperazine rings is 1. The van der Waals surface area contributed by atoms with Gasteiger partial charge in [0, 0.05) is 52.4 Å². The summed E-state index contributed by atoms with van der Waals surface area (Å²) in [7, 11) is 1.86. The van der Waals surface area contributed by atoms with Gasteiger partial charge in [0.05, 0.1) is 12.6 Å². The first kappa shape index (κ1) is 25.6. The molecule has 3 aliphatic rings. The van der Waals surface area contributed by atoms with Crippen LogP contribution in [-0.2, 0) is 9.53 Å². The number of ether oxygens (including phenoxy) is 1. The minimum absolute atomic E-state index is 0. The standard InChI is InChI=1S/C22H41N5O2.HI/c1-23-22(24-12-6-3-7-17-29-20-8-4-2-5-9-20)27-15-13-26(14-16-27)18-21(28)25-19-10-11-19;/h19-20H,2-18H2,1H3,(H,23,24)(H,25,28);1H. The van der Waals surface area contributed by atoms with E-state index in [9.17, 15) is 4.79 Å². The van der Waals surface area contributed by atoms with Crippen LogP contribution in [0.1, 0.15) is 64.2 Å². The average molecular weight is 536 g/mol. The van der Waals surface area contributed by atoms with Crippen LogP contribution in [0.15, 0.2) is 4.99 Å². The number of hydrogen-bond donors (Lipinski definition) is 2. The third kappa shape index (κ3) is 9.68. The van der Waals surface area contributed by atoms with Crippen molar-refractivity contribution in [2.24, 2.45) is 4.99 Å². The highest BCUT2D eigenvalue weighted by atomic mass is 127. The van der Waals surface area contributed by atoms with Crippen molar-refractivity contribution in [1.82, 2.24) is 20.4 Å².